The van der Waals surface area contributed by atoms with Crippen molar-refractivity contribution in [3.63, 3.8) is 0 Å². The fourth-order valence-corrected chi connectivity index (χ4v) is 2.59. The van der Waals surface area contributed by atoms with Crippen molar-refractivity contribution in [3.05, 3.63) is 28.8 Å². The number of anilines is 1. The van der Waals surface area contributed by atoms with Crippen LogP contribution in [0.3, 0.4) is 0 Å². The number of nitrogens with zero attached hydrogens (tertiary/aromatic N) is 1. The molecule has 0 fully saturated rings. The van der Waals surface area contributed by atoms with E-state index in [-0.39, 0.29) is 0 Å². The van der Waals surface area contributed by atoms with Crippen LogP contribution in [-0.4, -0.2) is 30.3 Å². The maximum absolute atomic E-state index is 10.1. The van der Waals surface area contributed by atoms with Gasteiger partial charge in [0.15, 0.2) is 0 Å². The van der Waals surface area contributed by atoms with Gasteiger partial charge in [-0.3, -0.25) is 0 Å². The molecular weight excluding hydrogens is 272 g/mol. The number of hydrogen-bond acceptors (Lipinski definition) is 3. The molecule has 1 rings (SSSR count). The molecule has 0 aliphatic heterocycles. The summed E-state index contributed by atoms with van der Waals surface area (Å²) in [5.74, 6) is 0. The lowest BCUT2D eigenvalue weighted by Gasteiger charge is -2.32. The van der Waals surface area contributed by atoms with Gasteiger partial charge < -0.3 is 15.3 Å². The fraction of sp³-hybridized carbons (Fsp3) is 0.625. The molecule has 1 aromatic rings. The summed E-state index contributed by atoms with van der Waals surface area (Å²) < 4.78 is 0. The zero-order valence-electron chi connectivity index (χ0n) is 13.0. The fourth-order valence-electron chi connectivity index (χ4n) is 2.27. The maximum atomic E-state index is 10.1. The molecule has 0 aliphatic rings. The van der Waals surface area contributed by atoms with E-state index in [4.69, 9.17) is 11.6 Å². The molecular formula is C16H27ClN2O. The Balaban J connectivity index is 3.00. The van der Waals surface area contributed by atoms with Gasteiger partial charge in [0.05, 0.1) is 16.3 Å². The number of para-hydroxylation sites is 1. The lowest BCUT2D eigenvalue weighted by Crippen LogP contribution is -2.39. The van der Waals surface area contributed by atoms with Crippen LogP contribution in [0.4, 0.5) is 5.69 Å². The predicted molar refractivity (Wildman–Crippen MR) is 87.6 cm³/mol. The summed E-state index contributed by atoms with van der Waals surface area (Å²) in [4.78, 5) is 2.14. The molecule has 114 valence electrons. The van der Waals surface area contributed by atoms with Gasteiger partial charge >= 0.3 is 0 Å². The van der Waals surface area contributed by atoms with E-state index in [1.807, 2.05) is 26.0 Å². The van der Waals surface area contributed by atoms with E-state index in [0.29, 0.717) is 6.54 Å². The number of aliphatic hydroxyl groups is 1. The van der Waals surface area contributed by atoms with Crippen LogP contribution in [0.5, 0.6) is 0 Å². The first-order valence-corrected chi connectivity index (χ1v) is 7.72. The third-order valence-corrected chi connectivity index (χ3v) is 3.39. The molecule has 0 bridgehead atoms. The third-order valence-electron chi connectivity index (χ3n) is 3.09. The number of nitrogens with one attached hydrogen (secondary N) is 1. The number of hydrogen-bond donors (Lipinski definition) is 2. The second-order valence-corrected chi connectivity index (χ2v) is 6.16. The van der Waals surface area contributed by atoms with E-state index >= 15 is 0 Å². The molecule has 3 nitrogen and oxygen atoms in total. The van der Waals surface area contributed by atoms with Crippen molar-refractivity contribution in [2.75, 3.05) is 24.5 Å². The second kappa shape index (κ2) is 7.87. The summed E-state index contributed by atoms with van der Waals surface area (Å²) in [6.07, 6.45) is 1.11. The molecule has 4 heteroatoms. The number of benzene rings is 1. The third kappa shape index (κ3) is 5.31. The van der Waals surface area contributed by atoms with E-state index in [0.717, 1.165) is 36.8 Å². The van der Waals surface area contributed by atoms with Crippen molar-refractivity contribution in [1.82, 2.24) is 5.32 Å². The van der Waals surface area contributed by atoms with Gasteiger partial charge in [-0.05, 0) is 45.4 Å². The Kier molecular flexibility index (Phi) is 6.80. The van der Waals surface area contributed by atoms with Crippen LogP contribution in [0.25, 0.3) is 0 Å². The zero-order valence-corrected chi connectivity index (χ0v) is 13.8. The summed E-state index contributed by atoms with van der Waals surface area (Å²) in [6.45, 7) is 11.0. The Morgan fingerprint density at radius 2 is 2.00 bits per heavy atom. The first kappa shape index (κ1) is 17.3. The predicted octanol–water partition coefficient (Wildman–Crippen LogP) is 3.44. The zero-order chi connectivity index (χ0) is 15.2. The van der Waals surface area contributed by atoms with Crippen LogP contribution in [-0.2, 0) is 6.54 Å². The van der Waals surface area contributed by atoms with Crippen LogP contribution >= 0.6 is 11.6 Å². The minimum atomic E-state index is -0.747. The highest BCUT2D eigenvalue weighted by Gasteiger charge is 2.21. The molecule has 0 amide bonds. The van der Waals surface area contributed by atoms with Gasteiger partial charge in [0.1, 0.15) is 0 Å². The van der Waals surface area contributed by atoms with E-state index in [9.17, 15) is 5.11 Å². The molecule has 1 aromatic carbocycles. The minimum Gasteiger partial charge on any atom is -0.389 e. The summed E-state index contributed by atoms with van der Waals surface area (Å²) >= 11 is 6.39. The van der Waals surface area contributed by atoms with Crippen LogP contribution < -0.4 is 10.2 Å². The summed E-state index contributed by atoms with van der Waals surface area (Å²) in [6, 6.07) is 5.98. The van der Waals surface area contributed by atoms with Crippen LogP contribution in [0.15, 0.2) is 18.2 Å². The molecule has 0 aromatic heterocycles. The van der Waals surface area contributed by atoms with Gasteiger partial charge in [0, 0.05) is 19.6 Å². The number of rotatable bonds is 8. The van der Waals surface area contributed by atoms with Crippen molar-refractivity contribution in [3.8, 4) is 0 Å². The Morgan fingerprint density at radius 3 is 2.55 bits per heavy atom. The van der Waals surface area contributed by atoms with Crippen molar-refractivity contribution in [1.29, 1.82) is 0 Å². The van der Waals surface area contributed by atoms with Crippen molar-refractivity contribution in [2.45, 2.75) is 46.3 Å². The Bertz CT molecular complexity index is 415. The molecule has 20 heavy (non-hydrogen) atoms. The Hall–Kier alpha value is -0.770. The highest BCUT2D eigenvalue weighted by atomic mass is 35.5. The van der Waals surface area contributed by atoms with Gasteiger partial charge in [0.2, 0.25) is 0 Å². The lowest BCUT2D eigenvalue weighted by molar-refractivity contribution is 0.0875. The summed E-state index contributed by atoms with van der Waals surface area (Å²) in [7, 11) is 0. The van der Waals surface area contributed by atoms with Crippen molar-refractivity contribution >= 4 is 17.3 Å². The number of halogens is 1. The highest BCUT2D eigenvalue weighted by Crippen LogP contribution is 2.31. The highest BCUT2D eigenvalue weighted by molar-refractivity contribution is 6.33. The van der Waals surface area contributed by atoms with E-state index in [2.05, 4.69) is 30.1 Å². The van der Waals surface area contributed by atoms with E-state index in [1.54, 1.807) is 0 Å². The first-order chi connectivity index (χ1) is 9.39. The molecule has 0 atom stereocenters. The molecule has 0 radical (unpaired) electrons. The first-order valence-electron chi connectivity index (χ1n) is 7.34. The number of likely N-dealkylation sites (N-methyl/N-ethyl adjacent to an activating group) is 1. The van der Waals surface area contributed by atoms with Crippen LogP contribution in [0, 0.1) is 0 Å². The largest absolute Gasteiger partial charge is 0.389 e. The molecule has 0 spiro atoms. The van der Waals surface area contributed by atoms with Crippen LogP contribution in [0.2, 0.25) is 5.02 Å². The van der Waals surface area contributed by atoms with Gasteiger partial charge in [-0.1, -0.05) is 30.7 Å². The molecule has 0 saturated heterocycles. The Morgan fingerprint density at radius 1 is 1.30 bits per heavy atom. The van der Waals surface area contributed by atoms with Crippen molar-refractivity contribution < 1.29 is 5.11 Å². The summed E-state index contributed by atoms with van der Waals surface area (Å²) in [5.41, 5.74) is 1.46. The maximum Gasteiger partial charge on any atom is 0.0765 e. The molecule has 0 unspecified atom stereocenters. The molecule has 0 heterocycles. The molecule has 0 aliphatic carbocycles. The molecule has 0 saturated carbocycles. The average molecular weight is 299 g/mol. The minimum absolute atomic E-state index is 0.564. The standard InChI is InChI=1S/C16H27ClN2O/c1-5-10-18-11-13-8-7-9-14(17)15(13)19(6-2)12-16(3,4)20/h7-9,18,20H,5-6,10-12H2,1-4H3. The second-order valence-electron chi connectivity index (χ2n) is 5.75. The van der Waals surface area contributed by atoms with Gasteiger partial charge in [0.25, 0.3) is 0 Å². The lowest BCUT2D eigenvalue weighted by atomic mass is 10.1. The van der Waals surface area contributed by atoms with Crippen LogP contribution in [0.1, 0.15) is 39.7 Å². The van der Waals surface area contributed by atoms with Gasteiger partial charge in [-0.25, -0.2) is 0 Å². The smallest absolute Gasteiger partial charge is 0.0765 e. The quantitative estimate of drug-likeness (QED) is 0.722. The average Bonchev–Trinajstić information content (AvgIpc) is 2.36. The topological polar surface area (TPSA) is 35.5 Å². The van der Waals surface area contributed by atoms with E-state index < -0.39 is 5.60 Å². The normalized spacial score (nSPS) is 11.7. The monoisotopic (exact) mass is 298 g/mol. The summed E-state index contributed by atoms with van der Waals surface area (Å²) in [5, 5.41) is 14.2. The SMILES string of the molecule is CCCNCc1cccc(Cl)c1N(CC)CC(C)(C)O. The van der Waals surface area contributed by atoms with Crippen molar-refractivity contribution in [2.24, 2.45) is 0 Å². The van der Waals surface area contributed by atoms with Gasteiger partial charge in [-0.2, -0.15) is 0 Å². The van der Waals surface area contributed by atoms with E-state index in [1.165, 1.54) is 5.56 Å². The Labute approximate surface area is 127 Å². The van der Waals surface area contributed by atoms with Gasteiger partial charge in [-0.15, -0.1) is 0 Å². The molecule has 2 N–H and O–H groups in total.